The number of carbonyl (C=O) groups excluding carboxylic acids is 2. The summed E-state index contributed by atoms with van der Waals surface area (Å²) >= 11 is 0. The van der Waals surface area contributed by atoms with Crippen LogP contribution in [0.1, 0.15) is 58.3 Å². The van der Waals surface area contributed by atoms with E-state index in [-0.39, 0.29) is 0 Å². The van der Waals surface area contributed by atoms with Crippen molar-refractivity contribution in [1.29, 1.82) is 0 Å². The van der Waals surface area contributed by atoms with Crippen molar-refractivity contribution >= 4 is 11.8 Å². The molecule has 0 fully saturated rings. The van der Waals surface area contributed by atoms with Gasteiger partial charge in [-0.05, 0) is 6.42 Å². The second-order valence-corrected chi connectivity index (χ2v) is 4.10. The molecule has 0 aromatic heterocycles. The second-order valence-electron chi connectivity index (χ2n) is 4.10. The molecule has 94 valence electrons. The number of hydrogen-bond donors (Lipinski definition) is 2. The lowest BCUT2D eigenvalue weighted by Gasteiger charge is -2.02. The SMILES string of the molecule is CCCCCCCCCCNC(=O)C(N)=O. The maximum atomic E-state index is 10.8. The number of carbonyl (C=O) groups is 2. The molecule has 0 aliphatic carbocycles. The lowest BCUT2D eigenvalue weighted by molar-refractivity contribution is -0.137. The van der Waals surface area contributed by atoms with Crippen LogP contribution in [0.2, 0.25) is 0 Å². The Balaban J connectivity index is 3.10. The molecule has 0 atom stereocenters. The van der Waals surface area contributed by atoms with Gasteiger partial charge < -0.3 is 11.1 Å². The van der Waals surface area contributed by atoms with Crippen LogP contribution >= 0.6 is 0 Å². The Hall–Kier alpha value is -1.06. The molecule has 0 rings (SSSR count). The Morgan fingerprint density at radius 3 is 1.94 bits per heavy atom. The summed E-state index contributed by atoms with van der Waals surface area (Å²) in [6.07, 6.45) is 9.74. The van der Waals surface area contributed by atoms with Gasteiger partial charge in [0.25, 0.3) is 0 Å². The van der Waals surface area contributed by atoms with Gasteiger partial charge in [0.2, 0.25) is 0 Å². The molecule has 16 heavy (non-hydrogen) atoms. The first-order valence-electron chi connectivity index (χ1n) is 6.26. The van der Waals surface area contributed by atoms with E-state index in [1.54, 1.807) is 0 Å². The minimum absolute atomic E-state index is 0.552. The van der Waals surface area contributed by atoms with Crippen LogP contribution in [-0.2, 0) is 9.59 Å². The first-order valence-corrected chi connectivity index (χ1v) is 6.26. The zero-order valence-electron chi connectivity index (χ0n) is 10.3. The molecule has 4 nitrogen and oxygen atoms in total. The molecular weight excluding hydrogens is 204 g/mol. The molecule has 2 amide bonds. The minimum atomic E-state index is -0.903. The molecule has 4 heteroatoms. The fourth-order valence-electron chi connectivity index (χ4n) is 1.55. The van der Waals surface area contributed by atoms with E-state index in [0.29, 0.717) is 6.54 Å². The zero-order valence-corrected chi connectivity index (χ0v) is 10.3. The van der Waals surface area contributed by atoms with Gasteiger partial charge in [0.05, 0.1) is 0 Å². The van der Waals surface area contributed by atoms with Crippen LogP contribution in [0.3, 0.4) is 0 Å². The summed E-state index contributed by atoms with van der Waals surface area (Å²) in [7, 11) is 0. The quantitative estimate of drug-likeness (QED) is 0.466. The van der Waals surface area contributed by atoms with Gasteiger partial charge in [-0.25, -0.2) is 0 Å². The zero-order chi connectivity index (χ0) is 12.2. The Labute approximate surface area is 98.0 Å². The van der Waals surface area contributed by atoms with Crippen molar-refractivity contribution in [3.63, 3.8) is 0 Å². The Kier molecular flexibility index (Phi) is 9.76. The third-order valence-electron chi connectivity index (χ3n) is 2.54. The van der Waals surface area contributed by atoms with E-state index in [1.165, 1.54) is 38.5 Å². The maximum absolute atomic E-state index is 10.8. The van der Waals surface area contributed by atoms with Crippen LogP contribution in [0.25, 0.3) is 0 Å². The van der Waals surface area contributed by atoms with Crippen molar-refractivity contribution in [2.24, 2.45) is 5.73 Å². The summed E-state index contributed by atoms with van der Waals surface area (Å²) < 4.78 is 0. The van der Waals surface area contributed by atoms with E-state index < -0.39 is 11.8 Å². The summed E-state index contributed by atoms with van der Waals surface area (Å²) in [4.78, 5) is 21.1. The van der Waals surface area contributed by atoms with Gasteiger partial charge in [0, 0.05) is 6.54 Å². The van der Waals surface area contributed by atoms with E-state index >= 15 is 0 Å². The summed E-state index contributed by atoms with van der Waals surface area (Å²) in [6, 6.07) is 0. The van der Waals surface area contributed by atoms with Gasteiger partial charge >= 0.3 is 11.8 Å². The van der Waals surface area contributed by atoms with Gasteiger partial charge in [0.15, 0.2) is 0 Å². The maximum Gasteiger partial charge on any atom is 0.309 e. The number of nitrogens with one attached hydrogen (secondary N) is 1. The molecule has 0 saturated carbocycles. The fraction of sp³-hybridized carbons (Fsp3) is 0.833. The lowest BCUT2D eigenvalue weighted by atomic mass is 10.1. The van der Waals surface area contributed by atoms with E-state index in [1.807, 2.05) is 0 Å². The van der Waals surface area contributed by atoms with Crippen molar-refractivity contribution in [3.8, 4) is 0 Å². The minimum Gasteiger partial charge on any atom is -0.361 e. The first-order chi connectivity index (χ1) is 7.68. The number of hydrogen-bond acceptors (Lipinski definition) is 2. The highest BCUT2D eigenvalue weighted by Gasteiger charge is 2.05. The van der Waals surface area contributed by atoms with Gasteiger partial charge in [-0.3, -0.25) is 9.59 Å². The second kappa shape index (κ2) is 10.5. The number of amides is 2. The standard InChI is InChI=1S/C12H24N2O2/c1-2-3-4-5-6-7-8-9-10-14-12(16)11(13)15/h2-10H2,1H3,(H2,13,15)(H,14,16). The molecule has 0 saturated heterocycles. The van der Waals surface area contributed by atoms with Crippen LogP contribution in [-0.4, -0.2) is 18.4 Å². The average molecular weight is 228 g/mol. The van der Waals surface area contributed by atoms with E-state index in [4.69, 9.17) is 5.73 Å². The monoisotopic (exact) mass is 228 g/mol. The van der Waals surface area contributed by atoms with Crippen LogP contribution in [0, 0.1) is 0 Å². The Morgan fingerprint density at radius 1 is 0.938 bits per heavy atom. The van der Waals surface area contributed by atoms with Gasteiger partial charge in [0.1, 0.15) is 0 Å². The van der Waals surface area contributed by atoms with Crippen LogP contribution in [0.15, 0.2) is 0 Å². The van der Waals surface area contributed by atoms with Gasteiger partial charge in [-0.2, -0.15) is 0 Å². The number of unbranched alkanes of at least 4 members (excludes halogenated alkanes) is 7. The van der Waals surface area contributed by atoms with E-state index in [0.717, 1.165) is 12.8 Å². The highest BCUT2D eigenvalue weighted by Crippen LogP contribution is 2.07. The third-order valence-corrected chi connectivity index (χ3v) is 2.54. The molecule has 0 aliphatic heterocycles. The Morgan fingerprint density at radius 2 is 1.44 bits per heavy atom. The molecule has 0 radical (unpaired) electrons. The molecule has 0 heterocycles. The van der Waals surface area contributed by atoms with Crippen molar-refractivity contribution in [1.82, 2.24) is 5.32 Å². The van der Waals surface area contributed by atoms with Gasteiger partial charge in [-0.1, -0.05) is 51.9 Å². The number of rotatable bonds is 9. The van der Waals surface area contributed by atoms with Crippen LogP contribution < -0.4 is 11.1 Å². The summed E-state index contributed by atoms with van der Waals surface area (Å²) in [5.74, 6) is -1.58. The number of nitrogens with two attached hydrogens (primary N) is 1. The summed E-state index contributed by atoms with van der Waals surface area (Å²) in [6.45, 7) is 2.76. The van der Waals surface area contributed by atoms with Crippen LogP contribution in [0.4, 0.5) is 0 Å². The molecular formula is C12H24N2O2. The highest BCUT2D eigenvalue weighted by atomic mass is 16.2. The predicted molar refractivity (Wildman–Crippen MR) is 64.8 cm³/mol. The van der Waals surface area contributed by atoms with Gasteiger partial charge in [-0.15, -0.1) is 0 Å². The molecule has 0 aliphatic rings. The first kappa shape index (κ1) is 14.9. The van der Waals surface area contributed by atoms with Crippen molar-refractivity contribution in [2.45, 2.75) is 58.3 Å². The summed E-state index contributed by atoms with van der Waals surface area (Å²) in [5, 5.41) is 2.48. The smallest absolute Gasteiger partial charge is 0.309 e. The van der Waals surface area contributed by atoms with Crippen LogP contribution in [0.5, 0.6) is 0 Å². The fourth-order valence-corrected chi connectivity index (χ4v) is 1.55. The van der Waals surface area contributed by atoms with Crippen molar-refractivity contribution in [2.75, 3.05) is 6.54 Å². The van der Waals surface area contributed by atoms with E-state index in [2.05, 4.69) is 12.2 Å². The number of primary amides is 1. The summed E-state index contributed by atoms with van der Waals surface area (Å²) in [5.41, 5.74) is 4.79. The third kappa shape index (κ3) is 9.49. The largest absolute Gasteiger partial charge is 0.361 e. The molecule has 0 unspecified atom stereocenters. The normalized spacial score (nSPS) is 10.1. The average Bonchev–Trinajstić information content (AvgIpc) is 2.26. The topological polar surface area (TPSA) is 72.2 Å². The molecule has 3 N–H and O–H groups in total. The lowest BCUT2D eigenvalue weighted by Crippen LogP contribution is -2.36. The Bertz CT molecular complexity index is 205. The molecule has 0 aromatic rings. The van der Waals surface area contributed by atoms with Crippen molar-refractivity contribution < 1.29 is 9.59 Å². The molecule has 0 spiro atoms. The predicted octanol–water partition coefficient (Wildman–Crippen LogP) is 1.73. The van der Waals surface area contributed by atoms with Crippen molar-refractivity contribution in [3.05, 3.63) is 0 Å². The highest BCUT2D eigenvalue weighted by molar-refractivity contribution is 6.34. The van der Waals surface area contributed by atoms with E-state index in [9.17, 15) is 9.59 Å². The molecule has 0 aromatic carbocycles. The molecule has 0 bridgehead atoms.